The van der Waals surface area contributed by atoms with E-state index in [1.807, 2.05) is 25.1 Å². The van der Waals surface area contributed by atoms with Gasteiger partial charge in [0.05, 0.1) is 0 Å². The molecule has 0 aliphatic rings. The lowest BCUT2D eigenvalue weighted by Crippen LogP contribution is -2.39. The van der Waals surface area contributed by atoms with Crippen molar-refractivity contribution in [3.8, 4) is 0 Å². The van der Waals surface area contributed by atoms with E-state index in [-0.39, 0.29) is 42.3 Å². The number of hydrogen-bond donors (Lipinski definition) is 3. The molecule has 1 aromatic carbocycles. The van der Waals surface area contributed by atoms with Crippen molar-refractivity contribution in [3.63, 3.8) is 0 Å². The van der Waals surface area contributed by atoms with Crippen molar-refractivity contribution in [2.75, 3.05) is 40.8 Å². The minimum atomic E-state index is -0.0955. The van der Waals surface area contributed by atoms with Gasteiger partial charge in [-0.1, -0.05) is 12.1 Å². The lowest BCUT2D eigenvalue weighted by Gasteiger charge is -2.13. The lowest BCUT2D eigenvalue weighted by atomic mass is 10.1. The fraction of sp³-hybridized carbons (Fsp3) is 0.471. The van der Waals surface area contributed by atoms with E-state index >= 15 is 0 Å². The first-order valence-corrected chi connectivity index (χ1v) is 8.01. The third kappa shape index (κ3) is 8.71. The fourth-order valence-corrected chi connectivity index (χ4v) is 1.97. The molecule has 2 amide bonds. The van der Waals surface area contributed by atoms with E-state index in [0.717, 1.165) is 12.0 Å². The Hall–Kier alpha value is -1.84. The van der Waals surface area contributed by atoms with Gasteiger partial charge in [-0.3, -0.25) is 9.59 Å². The molecule has 0 atom stereocenters. The summed E-state index contributed by atoms with van der Waals surface area (Å²) < 4.78 is 0. The van der Waals surface area contributed by atoms with E-state index < -0.39 is 0 Å². The van der Waals surface area contributed by atoms with Gasteiger partial charge in [-0.05, 0) is 31.0 Å². The number of hydrogen-bond acceptors (Lipinski definition) is 3. The highest BCUT2D eigenvalue weighted by Gasteiger charge is 2.05. The van der Waals surface area contributed by atoms with Gasteiger partial charge in [0, 0.05) is 39.8 Å². The second kappa shape index (κ2) is 12.5. The summed E-state index contributed by atoms with van der Waals surface area (Å²) in [6.07, 6.45) is 0.747. The van der Waals surface area contributed by atoms with Crippen LogP contribution in [0, 0.1) is 0 Å². The molecule has 8 heteroatoms. The van der Waals surface area contributed by atoms with Crippen LogP contribution in [0.15, 0.2) is 29.3 Å². The molecule has 0 bridgehead atoms. The van der Waals surface area contributed by atoms with Gasteiger partial charge in [-0.15, -0.1) is 24.0 Å². The summed E-state index contributed by atoms with van der Waals surface area (Å²) in [7, 11) is 5.03. The van der Waals surface area contributed by atoms with E-state index in [4.69, 9.17) is 0 Å². The predicted molar refractivity (Wildman–Crippen MR) is 112 cm³/mol. The van der Waals surface area contributed by atoms with Crippen LogP contribution in [0.1, 0.15) is 22.8 Å². The number of carbonyl (C=O) groups is 2. The zero-order valence-corrected chi connectivity index (χ0v) is 17.6. The quantitative estimate of drug-likeness (QED) is 0.320. The number of aliphatic imine (C=N–C) groups is 1. The molecule has 0 aliphatic heterocycles. The highest BCUT2D eigenvalue weighted by atomic mass is 127. The molecule has 0 fully saturated rings. The minimum absolute atomic E-state index is 0. The van der Waals surface area contributed by atoms with Gasteiger partial charge in [0.1, 0.15) is 6.54 Å². The van der Waals surface area contributed by atoms with Crippen molar-refractivity contribution in [3.05, 3.63) is 35.4 Å². The Balaban J connectivity index is 0.00000576. The summed E-state index contributed by atoms with van der Waals surface area (Å²) >= 11 is 0. The smallest absolute Gasteiger partial charge is 0.251 e. The van der Waals surface area contributed by atoms with Crippen molar-refractivity contribution < 1.29 is 9.59 Å². The maximum absolute atomic E-state index is 11.6. The minimum Gasteiger partial charge on any atom is -0.357 e. The van der Waals surface area contributed by atoms with E-state index in [1.54, 1.807) is 27.2 Å². The summed E-state index contributed by atoms with van der Waals surface area (Å²) in [6, 6.07) is 7.51. The third-order valence-corrected chi connectivity index (χ3v) is 3.34. The van der Waals surface area contributed by atoms with Gasteiger partial charge >= 0.3 is 0 Å². The monoisotopic (exact) mass is 461 g/mol. The van der Waals surface area contributed by atoms with E-state index in [2.05, 4.69) is 20.9 Å². The predicted octanol–water partition coefficient (Wildman–Crippen LogP) is 0.850. The SMILES string of the molecule is CCNC(=NCC(=O)N(C)C)NCCc1cccc(C(=O)NC)c1.I. The first kappa shape index (κ1) is 23.2. The second-order valence-corrected chi connectivity index (χ2v) is 5.44. The van der Waals surface area contributed by atoms with E-state index in [1.165, 1.54) is 4.90 Å². The topological polar surface area (TPSA) is 85.8 Å². The van der Waals surface area contributed by atoms with Crippen molar-refractivity contribution in [1.29, 1.82) is 0 Å². The van der Waals surface area contributed by atoms with Crippen LogP contribution in [0.25, 0.3) is 0 Å². The third-order valence-electron chi connectivity index (χ3n) is 3.34. The first-order chi connectivity index (χ1) is 11.5. The van der Waals surface area contributed by atoms with Gasteiger partial charge < -0.3 is 20.9 Å². The zero-order chi connectivity index (χ0) is 17.9. The number of benzene rings is 1. The fourth-order valence-electron chi connectivity index (χ4n) is 1.97. The van der Waals surface area contributed by atoms with E-state index in [0.29, 0.717) is 24.6 Å². The molecule has 0 aliphatic carbocycles. The number of halogens is 1. The normalized spacial score (nSPS) is 10.5. The second-order valence-electron chi connectivity index (χ2n) is 5.44. The molecule has 0 unspecified atom stereocenters. The standard InChI is InChI=1S/C17H27N5O2.HI/c1-5-19-17(21-12-15(23)22(3)4)20-10-9-13-7-6-8-14(11-13)16(24)18-2;/h6-8,11H,5,9-10,12H2,1-4H3,(H,18,24)(H2,19,20,21);1H. The Morgan fingerprint density at radius 2 is 1.92 bits per heavy atom. The maximum Gasteiger partial charge on any atom is 0.251 e. The van der Waals surface area contributed by atoms with Crippen LogP contribution in [0.4, 0.5) is 0 Å². The van der Waals surface area contributed by atoms with E-state index in [9.17, 15) is 9.59 Å². The Morgan fingerprint density at radius 3 is 2.52 bits per heavy atom. The molecule has 3 N–H and O–H groups in total. The Bertz CT molecular complexity index is 590. The molecule has 7 nitrogen and oxygen atoms in total. The Kier molecular flexibility index (Phi) is 11.6. The molecule has 0 saturated heterocycles. The summed E-state index contributed by atoms with van der Waals surface area (Å²) in [5.74, 6) is 0.461. The maximum atomic E-state index is 11.6. The first-order valence-electron chi connectivity index (χ1n) is 8.01. The summed E-state index contributed by atoms with van der Waals surface area (Å²) in [6.45, 7) is 3.44. The zero-order valence-electron chi connectivity index (χ0n) is 15.3. The molecule has 0 heterocycles. The largest absolute Gasteiger partial charge is 0.357 e. The van der Waals surface area contributed by atoms with Crippen LogP contribution in [0.3, 0.4) is 0 Å². The summed E-state index contributed by atoms with van der Waals surface area (Å²) in [5, 5.41) is 8.92. The number of amides is 2. The van der Waals surface area contributed by atoms with Crippen molar-refractivity contribution >= 4 is 41.8 Å². The Morgan fingerprint density at radius 1 is 1.20 bits per heavy atom. The van der Waals surface area contributed by atoms with Gasteiger partial charge in [-0.2, -0.15) is 0 Å². The van der Waals surface area contributed by atoms with Gasteiger partial charge in [-0.25, -0.2) is 4.99 Å². The van der Waals surface area contributed by atoms with Crippen LogP contribution in [-0.2, 0) is 11.2 Å². The number of nitrogens with zero attached hydrogens (tertiary/aromatic N) is 2. The number of rotatable bonds is 7. The van der Waals surface area contributed by atoms with Crippen molar-refractivity contribution in [2.24, 2.45) is 4.99 Å². The molecule has 0 radical (unpaired) electrons. The van der Waals surface area contributed by atoms with Crippen LogP contribution >= 0.6 is 24.0 Å². The molecule has 0 aromatic heterocycles. The van der Waals surface area contributed by atoms with Gasteiger partial charge in [0.2, 0.25) is 5.91 Å². The average molecular weight is 461 g/mol. The van der Waals surface area contributed by atoms with Gasteiger partial charge in [0.15, 0.2) is 5.96 Å². The highest BCUT2D eigenvalue weighted by Crippen LogP contribution is 2.05. The molecule has 1 aromatic rings. The number of guanidine groups is 1. The molecule has 0 spiro atoms. The molecular weight excluding hydrogens is 433 g/mol. The lowest BCUT2D eigenvalue weighted by molar-refractivity contribution is -0.127. The molecule has 0 saturated carbocycles. The Labute approximate surface area is 166 Å². The number of carbonyl (C=O) groups excluding carboxylic acids is 2. The van der Waals surface area contributed by atoms with Crippen molar-refractivity contribution in [2.45, 2.75) is 13.3 Å². The number of likely N-dealkylation sites (N-methyl/N-ethyl adjacent to an activating group) is 1. The van der Waals surface area contributed by atoms with Gasteiger partial charge in [0.25, 0.3) is 5.91 Å². The van der Waals surface area contributed by atoms with Crippen LogP contribution in [-0.4, -0.2) is 63.5 Å². The summed E-state index contributed by atoms with van der Waals surface area (Å²) in [5.41, 5.74) is 1.70. The van der Waals surface area contributed by atoms with Crippen LogP contribution in [0.5, 0.6) is 0 Å². The van der Waals surface area contributed by atoms with Crippen LogP contribution in [0.2, 0.25) is 0 Å². The van der Waals surface area contributed by atoms with Crippen LogP contribution < -0.4 is 16.0 Å². The molecule has 25 heavy (non-hydrogen) atoms. The van der Waals surface area contributed by atoms with Crippen molar-refractivity contribution in [1.82, 2.24) is 20.9 Å². The molecule has 1 rings (SSSR count). The molecular formula is C17H28IN5O2. The highest BCUT2D eigenvalue weighted by molar-refractivity contribution is 14.0. The molecule has 140 valence electrons. The average Bonchev–Trinajstić information content (AvgIpc) is 2.58. The number of nitrogens with one attached hydrogen (secondary N) is 3. The summed E-state index contributed by atoms with van der Waals surface area (Å²) in [4.78, 5) is 29.0.